The number of hydrogen-bond acceptors (Lipinski definition) is 6. The van der Waals surface area contributed by atoms with Gasteiger partial charge in [-0.1, -0.05) is 23.7 Å². The maximum Gasteiger partial charge on any atom is 0.378 e. The number of aromatic nitrogens is 5. The molecule has 0 aliphatic rings. The Morgan fingerprint density at radius 2 is 1.93 bits per heavy atom. The Bertz CT molecular complexity index is 1200. The number of aryl methyl sites for hydroxylation is 3. The molecule has 0 saturated heterocycles. The molecular formula is C19H16ClN5O2. The van der Waals surface area contributed by atoms with E-state index in [1.54, 1.807) is 0 Å². The Kier molecular flexibility index (Phi) is 4.24. The number of fused-ring (bicyclic) bond motifs is 2. The van der Waals surface area contributed by atoms with Crippen LogP contribution in [0.1, 0.15) is 33.1 Å². The molecule has 7 nitrogen and oxygen atoms in total. The van der Waals surface area contributed by atoms with Crippen LogP contribution in [0.2, 0.25) is 5.15 Å². The number of carbonyl (C=O) groups excluding carboxylic acids is 1. The van der Waals surface area contributed by atoms with Crippen LogP contribution in [0.3, 0.4) is 0 Å². The van der Waals surface area contributed by atoms with E-state index in [1.807, 2.05) is 51.1 Å². The zero-order chi connectivity index (χ0) is 19.1. The highest BCUT2D eigenvalue weighted by atomic mass is 35.5. The largest absolute Gasteiger partial charge is 0.455 e. The van der Waals surface area contributed by atoms with Gasteiger partial charge in [-0.3, -0.25) is 0 Å². The third-order valence-corrected chi connectivity index (χ3v) is 4.49. The van der Waals surface area contributed by atoms with Gasteiger partial charge in [0, 0.05) is 22.3 Å². The number of nitrogens with zero attached hydrogens (tertiary/aromatic N) is 5. The molecule has 1 aromatic carbocycles. The maximum absolute atomic E-state index is 12.4. The van der Waals surface area contributed by atoms with E-state index in [4.69, 9.17) is 16.3 Å². The summed E-state index contributed by atoms with van der Waals surface area (Å²) in [4.78, 5) is 25.1. The molecule has 0 saturated carbocycles. The van der Waals surface area contributed by atoms with Gasteiger partial charge in [0.1, 0.15) is 11.8 Å². The minimum absolute atomic E-state index is 0.0184. The molecule has 0 atom stereocenters. The molecule has 136 valence electrons. The van der Waals surface area contributed by atoms with Crippen LogP contribution in [0.5, 0.6) is 0 Å². The first-order chi connectivity index (χ1) is 12.9. The Balaban J connectivity index is 1.57. The molecule has 0 fully saturated rings. The van der Waals surface area contributed by atoms with Crippen molar-refractivity contribution in [2.45, 2.75) is 27.4 Å². The SMILES string of the molecule is Cc1ccc2cc(COC(=O)c3nc4nc(C)cc(C)n4n3)c(Cl)nc2c1. The summed E-state index contributed by atoms with van der Waals surface area (Å²) in [5, 5.41) is 5.40. The van der Waals surface area contributed by atoms with Gasteiger partial charge in [0.25, 0.3) is 11.6 Å². The lowest BCUT2D eigenvalue weighted by molar-refractivity contribution is 0.0458. The Morgan fingerprint density at radius 1 is 1.11 bits per heavy atom. The Hall–Kier alpha value is -3.06. The molecular weight excluding hydrogens is 366 g/mol. The van der Waals surface area contributed by atoms with E-state index >= 15 is 0 Å². The van der Waals surface area contributed by atoms with Gasteiger partial charge in [0.05, 0.1) is 5.52 Å². The van der Waals surface area contributed by atoms with Crippen LogP contribution in [0.4, 0.5) is 0 Å². The zero-order valence-electron chi connectivity index (χ0n) is 15.0. The number of carbonyl (C=O) groups is 1. The zero-order valence-corrected chi connectivity index (χ0v) is 15.8. The second-order valence-corrected chi connectivity index (χ2v) is 6.75. The van der Waals surface area contributed by atoms with Crippen LogP contribution in [-0.2, 0) is 11.3 Å². The van der Waals surface area contributed by atoms with Crippen molar-refractivity contribution < 1.29 is 9.53 Å². The smallest absolute Gasteiger partial charge is 0.378 e. The van der Waals surface area contributed by atoms with Crippen molar-refractivity contribution in [1.29, 1.82) is 0 Å². The molecule has 4 aromatic rings. The normalized spacial score (nSPS) is 11.3. The van der Waals surface area contributed by atoms with Crippen molar-refractivity contribution >= 4 is 34.3 Å². The molecule has 3 aromatic heterocycles. The molecule has 0 N–H and O–H groups in total. The summed E-state index contributed by atoms with van der Waals surface area (Å²) < 4.78 is 6.85. The maximum atomic E-state index is 12.4. The van der Waals surface area contributed by atoms with Gasteiger partial charge in [0.2, 0.25) is 0 Å². The van der Waals surface area contributed by atoms with Crippen LogP contribution >= 0.6 is 11.6 Å². The van der Waals surface area contributed by atoms with Crippen molar-refractivity contribution in [3.8, 4) is 0 Å². The monoisotopic (exact) mass is 381 g/mol. The standard InChI is InChI=1S/C19H16ClN5O2/c1-10-4-5-13-8-14(16(20)22-15(13)6-10)9-27-18(26)17-23-19-21-11(2)7-12(3)25(19)24-17/h4-8H,9H2,1-3H3. The lowest BCUT2D eigenvalue weighted by Crippen LogP contribution is -2.08. The minimum atomic E-state index is -0.641. The molecule has 4 rings (SSSR count). The number of benzene rings is 1. The van der Waals surface area contributed by atoms with Crippen molar-refractivity contribution in [3.05, 3.63) is 63.8 Å². The Morgan fingerprint density at radius 3 is 2.74 bits per heavy atom. The fourth-order valence-corrected chi connectivity index (χ4v) is 3.06. The third kappa shape index (κ3) is 3.33. The van der Waals surface area contributed by atoms with Gasteiger partial charge in [-0.2, -0.15) is 4.98 Å². The van der Waals surface area contributed by atoms with Crippen molar-refractivity contribution in [2.75, 3.05) is 0 Å². The van der Waals surface area contributed by atoms with Crippen LogP contribution in [0.15, 0.2) is 30.3 Å². The first-order valence-corrected chi connectivity index (χ1v) is 8.72. The Labute approximate surface area is 160 Å². The van der Waals surface area contributed by atoms with E-state index in [9.17, 15) is 4.79 Å². The van der Waals surface area contributed by atoms with E-state index in [-0.39, 0.29) is 12.4 Å². The molecule has 8 heteroatoms. The van der Waals surface area contributed by atoms with E-state index in [2.05, 4.69) is 20.1 Å². The molecule has 0 amide bonds. The summed E-state index contributed by atoms with van der Waals surface area (Å²) in [7, 11) is 0. The fourth-order valence-electron chi connectivity index (χ4n) is 2.86. The average molecular weight is 382 g/mol. The first-order valence-electron chi connectivity index (χ1n) is 8.34. The number of hydrogen-bond donors (Lipinski definition) is 0. The van der Waals surface area contributed by atoms with E-state index in [0.717, 1.165) is 27.9 Å². The summed E-state index contributed by atoms with van der Waals surface area (Å²) in [6, 6.07) is 9.63. The first kappa shape index (κ1) is 17.4. The minimum Gasteiger partial charge on any atom is -0.455 e. The molecule has 0 spiro atoms. The summed E-state index contributed by atoms with van der Waals surface area (Å²) in [5.74, 6) is -0.324. The van der Waals surface area contributed by atoms with Crippen LogP contribution < -0.4 is 0 Å². The lowest BCUT2D eigenvalue weighted by atomic mass is 10.1. The summed E-state index contributed by atoms with van der Waals surface area (Å²) in [6.07, 6.45) is 0. The van der Waals surface area contributed by atoms with Crippen molar-refractivity contribution in [1.82, 2.24) is 24.6 Å². The van der Waals surface area contributed by atoms with Crippen LogP contribution in [-0.4, -0.2) is 30.5 Å². The van der Waals surface area contributed by atoms with Crippen LogP contribution in [0.25, 0.3) is 16.7 Å². The lowest BCUT2D eigenvalue weighted by Gasteiger charge is -2.07. The van der Waals surface area contributed by atoms with Crippen molar-refractivity contribution in [3.63, 3.8) is 0 Å². The second-order valence-electron chi connectivity index (χ2n) is 6.40. The number of esters is 1. The third-order valence-electron chi connectivity index (χ3n) is 4.16. The fraction of sp³-hybridized carbons (Fsp3) is 0.211. The van der Waals surface area contributed by atoms with Gasteiger partial charge >= 0.3 is 5.97 Å². The van der Waals surface area contributed by atoms with E-state index < -0.39 is 5.97 Å². The summed E-state index contributed by atoms with van der Waals surface area (Å²) >= 11 is 6.24. The van der Waals surface area contributed by atoms with E-state index in [0.29, 0.717) is 16.5 Å². The van der Waals surface area contributed by atoms with Crippen LogP contribution in [0, 0.1) is 20.8 Å². The highest BCUT2D eigenvalue weighted by molar-refractivity contribution is 6.30. The molecule has 0 aliphatic carbocycles. The quantitative estimate of drug-likeness (QED) is 0.398. The molecule has 27 heavy (non-hydrogen) atoms. The average Bonchev–Trinajstić information content (AvgIpc) is 3.04. The van der Waals surface area contributed by atoms with Gasteiger partial charge < -0.3 is 4.74 Å². The summed E-state index contributed by atoms with van der Waals surface area (Å²) in [5.41, 5.74) is 4.16. The summed E-state index contributed by atoms with van der Waals surface area (Å²) in [6.45, 7) is 5.70. The number of halogens is 1. The predicted octanol–water partition coefficient (Wildman–Crippen LogP) is 3.61. The molecule has 0 aliphatic heterocycles. The van der Waals surface area contributed by atoms with Gasteiger partial charge in [-0.15, -0.1) is 5.10 Å². The molecule has 0 bridgehead atoms. The van der Waals surface area contributed by atoms with Gasteiger partial charge in [-0.25, -0.2) is 19.3 Å². The molecule has 0 unspecified atom stereocenters. The number of pyridine rings is 1. The second kappa shape index (κ2) is 6.59. The molecule has 3 heterocycles. The topological polar surface area (TPSA) is 82.3 Å². The van der Waals surface area contributed by atoms with Gasteiger partial charge in [0.15, 0.2) is 0 Å². The molecule has 0 radical (unpaired) electrons. The van der Waals surface area contributed by atoms with Gasteiger partial charge in [-0.05, 0) is 44.5 Å². The number of rotatable bonds is 3. The highest BCUT2D eigenvalue weighted by Gasteiger charge is 2.17. The predicted molar refractivity (Wildman–Crippen MR) is 101 cm³/mol. The number of ether oxygens (including phenoxy) is 1. The highest BCUT2D eigenvalue weighted by Crippen LogP contribution is 2.22. The van der Waals surface area contributed by atoms with Crippen molar-refractivity contribution in [2.24, 2.45) is 0 Å². The van der Waals surface area contributed by atoms with E-state index in [1.165, 1.54) is 4.52 Å².